The van der Waals surface area contributed by atoms with Crippen molar-refractivity contribution in [1.29, 1.82) is 0 Å². The summed E-state index contributed by atoms with van der Waals surface area (Å²) in [6.45, 7) is 8.64. The van der Waals surface area contributed by atoms with Crippen molar-refractivity contribution in [2.45, 2.75) is 31.8 Å². The van der Waals surface area contributed by atoms with Crippen LogP contribution in [0.5, 0.6) is 0 Å². The summed E-state index contributed by atoms with van der Waals surface area (Å²) in [6, 6.07) is 0.0306. The molecule has 1 saturated heterocycles. The summed E-state index contributed by atoms with van der Waals surface area (Å²) in [7, 11) is 0. The van der Waals surface area contributed by atoms with Crippen LogP contribution in [0.1, 0.15) is 20.3 Å². The van der Waals surface area contributed by atoms with Crippen LogP contribution in [0.2, 0.25) is 0 Å². The largest absolute Gasteiger partial charge is 0.496 e. The van der Waals surface area contributed by atoms with Crippen molar-refractivity contribution < 1.29 is 9.47 Å². The predicted molar refractivity (Wildman–Crippen MR) is 66.2 cm³/mol. The van der Waals surface area contributed by atoms with Crippen molar-refractivity contribution >= 4 is 0 Å². The minimum absolute atomic E-state index is 0.0306. The third-order valence-electron chi connectivity index (χ3n) is 3.72. The van der Waals surface area contributed by atoms with E-state index in [1.165, 1.54) is 0 Å². The summed E-state index contributed by atoms with van der Waals surface area (Å²) in [5.74, 6) is 6.69. The lowest BCUT2D eigenvalue weighted by atomic mass is 9.90. The molecule has 98 valence electrons. The van der Waals surface area contributed by atoms with E-state index in [1.807, 2.05) is 0 Å². The molecule has 0 bridgehead atoms. The molecule has 2 aliphatic rings. The van der Waals surface area contributed by atoms with E-state index in [0.29, 0.717) is 0 Å². The maximum absolute atomic E-state index is 5.72. The van der Waals surface area contributed by atoms with Gasteiger partial charge in [-0.25, -0.2) is 5.43 Å². The average molecular weight is 241 g/mol. The van der Waals surface area contributed by atoms with Crippen LogP contribution < -0.4 is 11.3 Å². The van der Waals surface area contributed by atoms with Crippen molar-refractivity contribution in [1.82, 2.24) is 10.3 Å². The van der Waals surface area contributed by atoms with Crippen LogP contribution in [0.3, 0.4) is 0 Å². The van der Waals surface area contributed by atoms with Crippen LogP contribution in [0.4, 0.5) is 0 Å². The fraction of sp³-hybridized carbons (Fsp3) is 0.833. The number of rotatable bonds is 4. The van der Waals surface area contributed by atoms with Gasteiger partial charge in [-0.1, -0.05) is 0 Å². The number of nitrogens with zero attached hydrogens (tertiary/aromatic N) is 1. The number of nitrogens with two attached hydrogens (primary N) is 1. The topological polar surface area (TPSA) is 59.8 Å². The number of morpholine rings is 1. The molecular weight excluding hydrogens is 218 g/mol. The summed E-state index contributed by atoms with van der Waals surface area (Å²) in [5.41, 5.74) is 2.83. The summed E-state index contributed by atoms with van der Waals surface area (Å²) in [5, 5.41) is 0. The fourth-order valence-electron chi connectivity index (χ4n) is 2.59. The molecular formula is C12H23N3O2. The van der Waals surface area contributed by atoms with Crippen LogP contribution in [0, 0.1) is 0 Å². The van der Waals surface area contributed by atoms with Crippen LogP contribution in [-0.2, 0) is 9.47 Å². The van der Waals surface area contributed by atoms with Crippen LogP contribution in [0.15, 0.2) is 11.8 Å². The highest BCUT2D eigenvalue weighted by molar-refractivity contribution is 5.14. The van der Waals surface area contributed by atoms with Crippen LogP contribution in [-0.4, -0.2) is 49.4 Å². The molecule has 2 rings (SSSR count). The SMILES string of the molecule is CC(C)(C(NN)C1=CCCO1)N1CCOCC1. The molecule has 2 aliphatic heterocycles. The lowest BCUT2D eigenvalue weighted by Crippen LogP contribution is -2.62. The van der Waals surface area contributed by atoms with Gasteiger partial charge in [0.25, 0.3) is 0 Å². The van der Waals surface area contributed by atoms with Gasteiger partial charge in [-0.2, -0.15) is 0 Å². The molecule has 5 heteroatoms. The van der Waals surface area contributed by atoms with Gasteiger partial charge in [0.2, 0.25) is 0 Å². The second-order valence-corrected chi connectivity index (χ2v) is 5.10. The first-order valence-corrected chi connectivity index (χ1v) is 6.28. The number of ether oxygens (including phenoxy) is 2. The van der Waals surface area contributed by atoms with Gasteiger partial charge in [-0.3, -0.25) is 10.7 Å². The Balaban J connectivity index is 2.09. The van der Waals surface area contributed by atoms with Crippen LogP contribution in [0.25, 0.3) is 0 Å². The zero-order valence-electron chi connectivity index (χ0n) is 10.7. The van der Waals surface area contributed by atoms with Crippen LogP contribution >= 0.6 is 0 Å². The molecule has 1 fully saturated rings. The predicted octanol–water partition coefficient (Wildman–Crippen LogP) is 0.233. The van der Waals surface area contributed by atoms with E-state index in [9.17, 15) is 0 Å². The van der Waals surface area contributed by atoms with E-state index in [2.05, 4.69) is 30.2 Å². The fourth-order valence-corrected chi connectivity index (χ4v) is 2.59. The van der Waals surface area contributed by atoms with Gasteiger partial charge in [0, 0.05) is 25.0 Å². The lowest BCUT2D eigenvalue weighted by Gasteiger charge is -2.45. The zero-order valence-corrected chi connectivity index (χ0v) is 10.7. The van der Waals surface area contributed by atoms with E-state index in [0.717, 1.165) is 45.1 Å². The molecule has 1 atom stereocenters. The Morgan fingerprint density at radius 1 is 1.35 bits per heavy atom. The number of nitrogens with one attached hydrogen (secondary N) is 1. The van der Waals surface area contributed by atoms with Gasteiger partial charge in [0.05, 0.1) is 25.9 Å². The van der Waals surface area contributed by atoms with Crippen molar-refractivity contribution in [2.75, 3.05) is 32.9 Å². The molecule has 17 heavy (non-hydrogen) atoms. The van der Waals surface area contributed by atoms with E-state index < -0.39 is 0 Å². The van der Waals surface area contributed by atoms with Gasteiger partial charge >= 0.3 is 0 Å². The Labute approximate surface area is 103 Å². The molecule has 0 aromatic rings. The molecule has 3 N–H and O–H groups in total. The second-order valence-electron chi connectivity index (χ2n) is 5.10. The van der Waals surface area contributed by atoms with Gasteiger partial charge < -0.3 is 9.47 Å². The Kier molecular flexibility index (Phi) is 4.04. The van der Waals surface area contributed by atoms with Gasteiger partial charge in [-0.15, -0.1) is 0 Å². The Hall–Kier alpha value is -0.620. The Morgan fingerprint density at radius 2 is 2.06 bits per heavy atom. The minimum atomic E-state index is -0.0747. The van der Waals surface area contributed by atoms with Crippen molar-refractivity contribution in [3.05, 3.63) is 11.8 Å². The Bertz CT molecular complexity index is 285. The highest BCUT2D eigenvalue weighted by Gasteiger charge is 2.39. The molecule has 0 aliphatic carbocycles. The third kappa shape index (κ3) is 2.63. The van der Waals surface area contributed by atoms with E-state index in [-0.39, 0.29) is 11.6 Å². The summed E-state index contributed by atoms with van der Waals surface area (Å²) in [4.78, 5) is 2.41. The average Bonchev–Trinajstić information content (AvgIpc) is 2.84. The van der Waals surface area contributed by atoms with Crippen molar-refractivity contribution in [2.24, 2.45) is 5.84 Å². The molecule has 0 spiro atoms. The standard InChI is InChI=1S/C12H23N3O2/c1-12(2,15-5-8-16-9-6-15)11(14-13)10-4-3-7-17-10/h4,11,14H,3,5-9,13H2,1-2H3. The molecule has 1 unspecified atom stereocenters. The van der Waals surface area contributed by atoms with E-state index in [4.69, 9.17) is 15.3 Å². The first-order valence-electron chi connectivity index (χ1n) is 6.28. The number of hydrogen-bond acceptors (Lipinski definition) is 5. The minimum Gasteiger partial charge on any atom is -0.496 e. The smallest absolute Gasteiger partial charge is 0.112 e. The van der Waals surface area contributed by atoms with Crippen molar-refractivity contribution in [3.63, 3.8) is 0 Å². The normalized spacial score (nSPS) is 24.3. The molecule has 5 nitrogen and oxygen atoms in total. The molecule has 0 amide bonds. The summed E-state index contributed by atoms with van der Waals surface area (Å²) >= 11 is 0. The summed E-state index contributed by atoms with van der Waals surface area (Å²) in [6.07, 6.45) is 3.11. The second kappa shape index (κ2) is 5.35. The molecule has 0 aromatic heterocycles. The highest BCUT2D eigenvalue weighted by atomic mass is 16.5. The Morgan fingerprint density at radius 3 is 2.59 bits per heavy atom. The molecule has 0 radical (unpaired) electrons. The van der Waals surface area contributed by atoms with Gasteiger partial charge in [0.15, 0.2) is 0 Å². The monoisotopic (exact) mass is 241 g/mol. The maximum atomic E-state index is 5.72. The van der Waals surface area contributed by atoms with E-state index >= 15 is 0 Å². The highest BCUT2D eigenvalue weighted by Crippen LogP contribution is 2.27. The first kappa shape index (κ1) is 12.8. The quantitative estimate of drug-likeness (QED) is 0.545. The summed E-state index contributed by atoms with van der Waals surface area (Å²) < 4.78 is 11.0. The maximum Gasteiger partial charge on any atom is 0.112 e. The number of hydrogen-bond donors (Lipinski definition) is 2. The van der Waals surface area contributed by atoms with Gasteiger partial charge in [-0.05, 0) is 19.9 Å². The third-order valence-corrected chi connectivity index (χ3v) is 3.72. The zero-order chi connectivity index (χ0) is 12.3. The number of hydrazine groups is 1. The van der Waals surface area contributed by atoms with Crippen molar-refractivity contribution in [3.8, 4) is 0 Å². The lowest BCUT2D eigenvalue weighted by molar-refractivity contribution is -0.0248. The van der Waals surface area contributed by atoms with E-state index in [1.54, 1.807) is 0 Å². The molecule has 2 heterocycles. The molecule has 0 aromatic carbocycles. The van der Waals surface area contributed by atoms with Gasteiger partial charge in [0.1, 0.15) is 5.76 Å². The molecule has 0 saturated carbocycles. The first-order chi connectivity index (χ1) is 8.16.